The zero-order chi connectivity index (χ0) is 11.7. The van der Waals surface area contributed by atoms with Crippen LogP contribution in [-0.4, -0.2) is 36.5 Å². The van der Waals surface area contributed by atoms with E-state index in [1.165, 1.54) is 38.5 Å². The van der Waals surface area contributed by atoms with Crippen molar-refractivity contribution in [3.63, 3.8) is 0 Å². The second kappa shape index (κ2) is 6.25. The van der Waals surface area contributed by atoms with Crippen LogP contribution in [0.15, 0.2) is 0 Å². The minimum atomic E-state index is 0. The number of carbonyl (C=O) groups excluding carboxylic acids is 1. The summed E-state index contributed by atoms with van der Waals surface area (Å²) in [5.74, 6) is 2.03. The highest BCUT2D eigenvalue weighted by atomic mass is 35.5. The van der Waals surface area contributed by atoms with Gasteiger partial charge in [0.2, 0.25) is 5.91 Å². The van der Waals surface area contributed by atoms with Crippen molar-refractivity contribution in [2.24, 2.45) is 11.8 Å². The molecular weight excluding hydrogens is 248 g/mol. The third kappa shape index (κ3) is 3.86. The van der Waals surface area contributed by atoms with E-state index in [9.17, 15) is 4.79 Å². The number of amides is 1. The predicted molar refractivity (Wildman–Crippen MR) is 74.9 cm³/mol. The maximum atomic E-state index is 12.5. The van der Waals surface area contributed by atoms with Gasteiger partial charge in [0, 0.05) is 13.1 Å². The first kappa shape index (κ1) is 14.1. The summed E-state index contributed by atoms with van der Waals surface area (Å²) in [7, 11) is 0. The summed E-state index contributed by atoms with van der Waals surface area (Å²) in [6.07, 6.45) is 8.85. The van der Waals surface area contributed by atoms with Crippen molar-refractivity contribution in [2.45, 2.75) is 51.0 Å². The van der Waals surface area contributed by atoms with Gasteiger partial charge in [0.25, 0.3) is 0 Å². The van der Waals surface area contributed by atoms with Crippen LogP contribution in [-0.2, 0) is 4.79 Å². The summed E-state index contributed by atoms with van der Waals surface area (Å²) in [5.41, 5.74) is 0. The first-order chi connectivity index (χ1) is 8.33. The molecule has 1 amide bonds. The first-order valence-electron chi connectivity index (χ1n) is 7.35. The van der Waals surface area contributed by atoms with Crippen LogP contribution in [0.5, 0.6) is 0 Å². The van der Waals surface area contributed by atoms with Crippen LogP contribution in [0.4, 0.5) is 0 Å². The number of carbonyl (C=O) groups is 1. The van der Waals surface area contributed by atoms with Crippen molar-refractivity contribution < 1.29 is 4.79 Å². The number of nitrogens with zero attached hydrogens (tertiary/aromatic N) is 1. The zero-order valence-electron chi connectivity index (χ0n) is 11.1. The van der Waals surface area contributed by atoms with Crippen LogP contribution in [0, 0.1) is 11.8 Å². The van der Waals surface area contributed by atoms with Crippen LogP contribution in [0.3, 0.4) is 0 Å². The largest absolute Gasteiger partial charge is 0.341 e. The number of halogens is 1. The zero-order valence-corrected chi connectivity index (χ0v) is 11.9. The lowest BCUT2D eigenvalue weighted by molar-refractivity contribution is -0.134. The molecule has 2 aliphatic carbocycles. The average Bonchev–Trinajstić information content (AvgIpc) is 3.23. The molecule has 1 unspecified atom stereocenters. The molecule has 3 rings (SSSR count). The third-order valence-electron chi connectivity index (χ3n) is 4.27. The summed E-state index contributed by atoms with van der Waals surface area (Å²) in [5, 5.41) is 3.40. The molecule has 3 fully saturated rings. The van der Waals surface area contributed by atoms with Crippen molar-refractivity contribution in [2.75, 3.05) is 19.6 Å². The van der Waals surface area contributed by atoms with Crippen molar-refractivity contribution in [1.29, 1.82) is 0 Å². The summed E-state index contributed by atoms with van der Waals surface area (Å²) < 4.78 is 0. The van der Waals surface area contributed by atoms with Gasteiger partial charge < -0.3 is 10.2 Å². The smallest absolute Gasteiger partial charge is 0.239 e. The lowest BCUT2D eigenvalue weighted by Crippen LogP contribution is -2.49. The highest BCUT2D eigenvalue weighted by Crippen LogP contribution is 2.34. The Balaban J connectivity index is 0.00000120. The molecule has 0 spiro atoms. The van der Waals surface area contributed by atoms with E-state index < -0.39 is 0 Å². The number of hydrogen-bond acceptors (Lipinski definition) is 2. The van der Waals surface area contributed by atoms with Gasteiger partial charge in [0.1, 0.15) is 0 Å². The van der Waals surface area contributed by atoms with Gasteiger partial charge in [-0.2, -0.15) is 0 Å². The standard InChI is InChI=1S/C14H24N2O.ClH/c17-14(13-3-1-2-8-15-13)16(9-11-4-5-11)10-12-6-7-12;/h11-13,15H,1-10H2;1H. The van der Waals surface area contributed by atoms with E-state index in [1.807, 2.05) is 0 Å². The van der Waals surface area contributed by atoms with E-state index in [2.05, 4.69) is 10.2 Å². The average molecular weight is 273 g/mol. The van der Waals surface area contributed by atoms with Crippen molar-refractivity contribution in [3.8, 4) is 0 Å². The molecule has 3 aliphatic rings. The van der Waals surface area contributed by atoms with Gasteiger partial charge >= 0.3 is 0 Å². The normalized spacial score (nSPS) is 27.4. The maximum absolute atomic E-state index is 12.5. The van der Waals surface area contributed by atoms with Gasteiger partial charge in [-0.15, -0.1) is 12.4 Å². The fraction of sp³-hybridized carbons (Fsp3) is 0.929. The second-order valence-corrected chi connectivity index (χ2v) is 6.13. The molecule has 1 N–H and O–H groups in total. The topological polar surface area (TPSA) is 32.3 Å². The number of rotatable bonds is 5. The third-order valence-corrected chi connectivity index (χ3v) is 4.27. The van der Waals surface area contributed by atoms with E-state index in [1.54, 1.807) is 0 Å². The van der Waals surface area contributed by atoms with Gasteiger partial charge in [-0.1, -0.05) is 6.42 Å². The van der Waals surface area contributed by atoms with E-state index >= 15 is 0 Å². The lowest BCUT2D eigenvalue weighted by atomic mass is 10.0. The molecule has 4 heteroatoms. The van der Waals surface area contributed by atoms with E-state index in [4.69, 9.17) is 0 Å². The predicted octanol–water partition coefficient (Wildman–Crippen LogP) is 2.20. The maximum Gasteiger partial charge on any atom is 0.239 e. The molecule has 0 aromatic rings. The minimum absolute atomic E-state index is 0. The highest BCUT2D eigenvalue weighted by Gasteiger charge is 2.34. The number of piperidine rings is 1. The molecule has 1 heterocycles. The minimum Gasteiger partial charge on any atom is -0.341 e. The molecule has 1 saturated heterocycles. The molecule has 0 aromatic heterocycles. The van der Waals surface area contributed by atoms with Gasteiger partial charge in [0.15, 0.2) is 0 Å². The Morgan fingerprint density at radius 2 is 1.61 bits per heavy atom. The lowest BCUT2D eigenvalue weighted by Gasteiger charge is -2.30. The fourth-order valence-corrected chi connectivity index (χ4v) is 2.76. The van der Waals surface area contributed by atoms with Crippen LogP contribution in [0.25, 0.3) is 0 Å². The van der Waals surface area contributed by atoms with E-state index in [0.717, 1.165) is 37.9 Å². The second-order valence-electron chi connectivity index (χ2n) is 6.13. The van der Waals surface area contributed by atoms with Crippen LogP contribution >= 0.6 is 12.4 Å². The Kier molecular flexibility index (Phi) is 4.91. The molecule has 0 bridgehead atoms. The number of hydrogen-bond donors (Lipinski definition) is 1. The Hall–Kier alpha value is -0.280. The van der Waals surface area contributed by atoms with Gasteiger partial charge in [-0.3, -0.25) is 4.79 Å². The monoisotopic (exact) mass is 272 g/mol. The molecule has 3 nitrogen and oxygen atoms in total. The molecule has 18 heavy (non-hydrogen) atoms. The Bertz CT molecular complexity index is 270. The van der Waals surface area contributed by atoms with E-state index in [-0.39, 0.29) is 18.4 Å². The van der Waals surface area contributed by atoms with Gasteiger partial charge in [0.05, 0.1) is 6.04 Å². The quantitative estimate of drug-likeness (QED) is 0.832. The molecule has 0 radical (unpaired) electrons. The highest BCUT2D eigenvalue weighted by molar-refractivity contribution is 5.85. The SMILES string of the molecule is Cl.O=C(C1CCCCN1)N(CC1CC1)CC1CC1. The van der Waals surface area contributed by atoms with Crippen molar-refractivity contribution >= 4 is 18.3 Å². The molecular formula is C14H25ClN2O. The van der Waals surface area contributed by atoms with Crippen LogP contribution < -0.4 is 5.32 Å². The van der Waals surface area contributed by atoms with Gasteiger partial charge in [-0.05, 0) is 56.9 Å². The fourth-order valence-electron chi connectivity index (χ4n) is 2.76. The molecule has 104 valence electrons. The molecule has 1 aliphatic heterocycles. The van der Waals surface area contributed by atoms with Crippen LogP contribution in [0.1, 0.15) is 44.9 Å². The van der Waals surface area contributed by atoms with Crippen molar-refractivity contribution in [1.82, 2.24) is 10.2 Å². The Morgan fingerprint density at radius 3 is 2.06 bits per heavy atom. The molecule has 2 saturated carbocycles. The Morgan fingerprint density at radius 1 is 1.00 bits per heavy atom. The summed E-state index contributed by atoms with van der Waals surface area (Å²) in [4.78, 5) is 14.7. The number of nitrogens with one attached hydrogen (secondary N) is 1. The first-order valence-corrected chi connectivity index (χ1v) is 7.35. The Labute approximate surface area is 116 Å². The van der Waals surface area contributed by atoms with Crippen LogP contribution in [0.2, 0.25) is 0 Å². The molecule has 0 aromatic carbocycles. The summed E-state index contributed by atoms with van der Waals surface area (Å²) in [6.45, 7) is 3.10. The summed E-state index contributed by atoms with van der Waals surface area (Å²) >= 11 is 0. The van der Waals surface area contributed by atoms with E-state index in [0.29, 0.717) is 5.91 Å². The van der Waals surface area contributed by atoms with Crippen molar-refractivity contribution in [3.05, 3.63) is 0 Å². The molecule has 1 atom stereocenters. The summed E-state index contributed by atoms with van der Waals surface area (Å²) in [6, 6.07) is 0.126. The van der Waals surface area contributed by atoms with Gasteiger partial charge in [-0.25, -0.2) is 0 Å².